The Labute approximate surface area is 217 Å². The second-order valence-electron chi connectivity index (χ2n) is 8.23. The molecular weight excluding hydrogens is 535 g/mol. The molecule has 4 rings (SSSR count). The molecule has 35 heavy (non-hydrogen) atoms. The van der Waals surface area contributed by atoms with E-state index in [1.54, 1.807) is 12.1 Å². The van der Waals surface area contributed by atoms with E-state index in [1.165, 1.54) is 17.0 Å². The summed E-state index contributed by atoms with van der Waals surface area (Å²) < 4.78 is 24.3. The number of nitrogens with zero attached hydrogens (tertiary/aromatic N) is 2. The number of halogens is 3. The Bertz CT molecular complexity index is 1410. The molecule has 1 aliphatic heterocycles. The van der Waals surface area contributed by atoms with Crippen molar-refractivity contribution in [3.8, 4) is 11.1 Å². The molecule has 7 nitrogen and oxygen atoms in total. The van der Waals surface area contributed by atoms with Gasteiger partial charge >= 0.3 is 0 Å². The second kappa shape index (κ2) is 10.1. The summed E-state index contributed by atoms with van der Waals surface area (Å²) in [6.07, 6.45) is 0.294. The van der Waals surface area contributed by atoms with Crippen LogP contribution in [0.15, 0.2) is 60.7 Å². The largest absolute Gasteiger partial charge is 0.330 e. The summed E-state index contributed by atoms with van der Waals surface area (Å²) in [5.74, 6) is -0.681. The first-order valence-electron chi connectivity index (χ1n) is 10.5. The number of sulfone groups is 1. The predicted molar refractivity (Wildman–Crippen MR) is 137 cm³/mol. The SMILES string of the molecule is O=C(c1ccc(Cl)c([N+](=O)[O-])c1)N(Cc1ccc(-c2ccc(Cl)cc2Cl)cc1)C1CCS(=O)(=O)C1. The number of benzene rings is 3. The molecule has 1 aliphatic rings. The molecule has 182 valence electrons. The fourth-order valence-electron chi connectivity index (χ4n) is 4.05. The van der Waals surface area contributed by atoms with Gasteiger partial charge in [-0.3, -0.25) is 14.9 Å². The lowest BCUT2D eigenvalue weighted by Gasteiger charge is -2.28. The Kier molecular flexibility index (Phi) is 7.38. The summed E-state index contributed by atoms with van der Waals surface area (Å²) in [6.45, 7) is 0.129. The van der Waals surface area contributed by atoms with E-state index in [1.807, 2.05) is 30.3 Å². The van der Waals surface area contributed by atoms with Gasteiger partial charge in [-0.05, 0) is 41.8 Å². The highest BCUT2D eigenvalue weighted by Gasteiger charge is 2.35. The zero-order valence-electron chi connectivity index (χ0n) is 18.2. The van der Waals surface area contributed by atoms with E-state index in [4.69, 9.17) is 34.8 Å². The number of carbonyl (C=O) groups is 1. The lowest BCUT2D eigenvalue weighted by Crippen LogP contribution is -2.40. The van der Waals surface area contributed by atoms with E-state index in [2.05, 4.69) is 0 Å². The van der Waals surface area contributed by atoms with Crippen LogP contribution in [0.5, 0.6) is 0 Å². The molecule has 1 unspecified atom stereocenters. The fraction of sp³-hybridized carbons (Fsp3) is 0.208. The molecule has 0 aromatic heterocycles. The number of nitro benzene ring substituents is 1. The molecule has 1 heterocycles. The Balaban J connectivity index is 1.64. The maximum atomic E-state index is 13.4. The molecule has 3 aromatic rings. The highest BCUT2D eigenvalue weighted by atomic mass is 35.5. The lowest BCUT2D eigenvalue weighted by molar-refractivity contribution is -0.384. The third-order valence-electron chi connectivity index (χ3n) is 5.85. The van der Waals surface area contributed by atoms with Gasteiger partial charge in [0.2, 0.25) is 0 Å². The maximum Gasteiger partial charge on any atom is 0.288 e. The average molecular weight is 554 g/mol. The van der Waals surface area contributed by atoms with Crippen LogP contribution >= 0.6 is 34.8 Å². The van der Waals surface area contributed by atoms with Crippen molar-refractivity contribution in [2.24, 2.45) is 0 Å². The molecule has 0 N–H and O–H groups in total. The van der Waals surface area contributed by atoms with Crippen LogP contribution in [0.2, 0.25) is 15.1 Å². The summed E-state index contributed by atoms with van der Waals surface area (Å²) in [6, 6.07) is 15.8. The minimum absolute atomic E-state index is 0.0176. The van der Waals surface area contributed by atoms with Crippen LogP contribution in [-0.2, 0) is 16.4 Å². The lowest BCUT2D eigenvalue weighted by atomic mass is 10.0. The Morgan fingerprint density at radius 2 is 1.71 bits per heavy atom. The number of nitro groups is 1. The molecule has 1 saturated heterocycles. The van der Waals surface area contributed by atoms with Crippen LogP contribution in [0.4, 0.5) is 5.69 Å². The molecule has 0 spiro atoms. The van der Waals surface area contributed by atoms with Gasteiger partial charge in [0.15, 0.2) is 9.84 Å². The third-order valence-corrected chi connectivity index (χ3v) is 8.47. The summed E-state index contributed by atoms with van der Waals surface area (Å²) >= 11 is 18.2. The monoisotopic (exact) mass is 552 g/mol. The van der Waals surface area contributed by atoms with Crippen molar-refractivity contribution in [2.75, 3.05) is 11.5 Å². The molecule has 0 saturated carbocycles. The zero-order chi connectivity index (χ0) is 25.3. The standard InChI is InChI=1S/C24H19Cl3N2O5S/c25-18-6-7-20(22(27)12-18)16-3-1-15(2-4-16)13-28(19-9-10-35(33,34)14-19)24(30)17-5-8-21(26)23(11-17)29(31)32/h1-8,11-12,19H,9-10,13-14H2. The van der Waals surface area contributed by atoms with Gasteiger partial charge < -0.3 is 4.90 Å². The van der Waals surface area contributed by atoms with Crippen LogP contribution in [0.1, 0.15) is 22.3 Å². The van der Waals surface area contributed by atoms with Crippen molar-refractivity contribution < 1.29 is 18.1 Å². The smallest absolute Gasteiger partial charge is 0.288 e. The van der Waals surface area contributed by atoms with Crippen LogP contribution in [0.25, 0.3) is 11.1 Å². The van der Waals surface area contributed by atoms with Crippen LogP contribution in [0.3, 0.4) is 0 Å². The van der Waals surface area contributed by atoms with Crippen molar-refractivity contribution >= 4 is 56.2 Å². The predicted octanol–water partition coefficient (Wildman–Crippen LogP) is 6.05. The first kappa shape index (κ1) is 25.4. The van der Waals surface area contributed by atoms with Gasteiger partial charge in [0.25, 0.3) is 11.6 Å². The van der Waals surface area contributed by atoms with Gasteiger partial charge in [-0.15, -0.1) is 0 Å². The zero-order valence-corrected chi connectivity index (χ0v) is 21.2. The van der Waals surface area contributed by atoms with Gasteiger partial charge in [-0.1, -0.05) is 65.1 Å². The molecule has 1 fully saturated rings. The van der Waals surface area contributed by atoms with Gasteiger partial charge in [0.1, 0.15) is 5.02 Å². The normalized spacial score (nSPS) is 16.7. The topological polar surface area (TPSA) is 97.6 Å². The van der Waals surface area contributed by atoms with E-state index >= 15 is 0 Å². The van der Waals surface area contributed by atoms with Gasteiger partial charge in [0, 0.05) is 39.8 Å². The maximum absolute atomic E-state index is 13.4. The summed E-state index contributed by atoms with van der Waals surface area (Å²) in [5, 5.41) is 12.2. The quantitative estimate of drug-likeness (QED) is 0.273. The molecule has 1 atom stereocenters. The molecule has 1 amide bonds. The van der Waals surface area contributed by atoms with Gasteiger partial charge in [-0.2, -0.15) is 0 Å². The molecular formula is C24H19Cl3N2O5S. The number of carbonyl (C=O) groups excluding carboxylic acids is 1. The van der Waals surface area contributed by atoms with Crippen molar-refractivity contribution in [3.05, 3.63) is 97.0 Å². The van der Waals surface area contributed by atoms with Crippen molar-refractivity contribution in [1.29, 1.82) is 0 Å². The van der Waals surface area contributed by atoms with E-state index < -0.39 is 26.7 Å². The Morgan fingerprint density at radius 1 is 1.00 bits per heavy atom. The van der Waals surface area contributed by atoms with Gasteiger partial charge in [-0.25, -0.2) is 8.42 Å². The van der Waals surface area contributed by atoms with E-state index in [9.17, 15) is 23.3 Å². The van der Waals surface area contributed by atoms with Crippen LogP contribution in [-0.4, -0.2) is 41.7 Å². The summed E-state index contributed by atoms with van der Waals surface area (Å²) in [5.41, 5.74) is 2.09. The minimum atomic E-state index is -3.28. The van der Waals surface area contributed by atoms with Crippen LogP contribution < -0.4 is 0 Å². The number of hydrogen-bond donors (Lipinski definition) is 0. The van der Waals surface area contributed by atoms with Gasteiger partial charge in [0.05, 0.1) is 16.4 Å². The Hall–Kier alpha value is -2.65. The van der Waals surface area contributed by atoms with E-state index in [0.717, 1.165) is 22.8 Å². The van der Waals surface area contributed by atoms with Crippen molar-refractivity contribution in [1.82, 2.24) is 4.90 Å². The van der Waals surface area contributed by atoms with E-state index in [0.29, 0.717) is 16.5 Å². The summed E-state index contributed by atoms with van der Waals surface area (Å²) in [7, 11) is -3.28. The third kappa shape index (κ3) is 5.78. The van der Waals surface area contributed by atoms with Crippen molar-refractivity contribution in [3.63, 3.8) is 0 Å². The molecule has 0 aliphatic carbocycles. The average Bonchev–Trinajstić information content (AvgIpc) is 3.17. The first-order chi connectivity index (χ1) is 16.5. The molecule has 0 radical (unpaired) electrons. The summed E-state index contributed by atoms with van der Waals surface area (Å²) in [4.78, 5) is 25.5. The number of rotatable bonds is 6. The van der Waals surface area contributed by atoms with Crippen LogP contribution in [0, 0.1) is 10.1 Å². The number of hydrogen-bond acceptors (Lipinski definition) is 5. The van der Waals surface area contributed by atoms with E-state index in [-0.39, 0.29) is 34.3 Å². The molecule has 11 heteroatoms. The Morgan fingerprint density at radius 3 is 2.31 bits per heavy atom. The first-order valence-corrected chi connectivity index (χ1v) is 13.5. The highest BCUT2D eigenvalue weighted by Crippen LogP contribution is 2.31. The number of amides is 1. The molecule has 3 aromatic carbocycles. The fourth-order valence-corrected chi connectivity index (χ4v) is 6.48. The second-order valence-corrected chi connectivity index (χ2v) is 11.7. The highest BCUT2D eigenvalue weighted by molar-refractivity contribution is 7.91. The van der Waals surface area contributed by atoms with Crippen molar-refractivity contribution in [2.45, 2.75) is 19.0 Å². The minimum Gasteiger partial charge on any atom is -0.330 e. The molecule has 0 bridgehead atoms.